The maximum Gasteiger partial charge on any atom is 0.160 e. The number of methoxy groups -OCH3 is 1. The smallest absolute Gasteiger partial charge is 0.160 e. The molecule has 0 saturated heterocycles. The molecule has 2 aromatic heterocycles. The van der Waals surface area contributed by atoms with Crippen LogP contribution in [0.3, 0.4) is 0 Å². The number of likely N-dealkylation sites (N-methyl/N-ethyl adjacent to an activating group) is 1. The molecule has 1 aromatic carbocycles. The molecule has 0 spiro atoms. The van der Waals surface area contributed by atoms with E-state index in [-0.39, 0.29) is 0 Å². The lowest BCUT2D eigenvalue weighted by molar-refractivity contribution is 0.415. The van der Waals surface area contributed by atoms with Gasteiger partial charge in [-0.3, -0.25) is 9.98 Å². The summed E-state index contributed by atoms with van der Waals surface area (Å²) in [4.78, 5) is 18.5. The highest BCUT2D eigenvalue weighted by Crippen LogP contribution is 2.36. The zero-order chi connectivity index (χ0) is 22.4. The molecular formula is C23H27ClN6O. The van der Waals surface area contributed by atoms with E-state index < -0.39 is 0 Å². The second kappa shape index (κ2) is 10.3. The number of ether oxygens (including phenoxy) is 1. The lowest BCUT2D eigenvalue weighted by Crippen LogP contribution is -2.27. The second-order valence-corrected chi connectivity index (χ2v) is 7.28. The van der Waals surface area contributed by atoms with Gasteiger partial charge in [0.1, 0.15) is 21.8 Å². The van der Waals surface area contributed by atoms with Crippen molar-refractivity contribution in [2.24, 2.45) is 9.98 Å². The minimum Gasteiger partial charge on any atom is -0.495 e. The standard InChI is InChI=1S/C23H27ClN6O/c1-6-16(13-26-4)18-14-27-17-8-10-20(30(12-11-25-3)23(17)28-18)29-22-15(2)7-9-19(31-5)21(22)24/h6-10,13-14,25H,11-12H2,1-5H3/b16-6+,26-13-,29-20+. The highest BCUT2D eigenvalue weighted by atomic mass is 35.5. The summed E-state index contributed by atoms with van der Waals surface area (Å²) >= 11 is 6.57. The molecule has 0 aliphatic carbocycles. The molecule has 3 rings (SSSR count). The van der Waals surface area contributed by atoms with Crippen molar-refractivity contribution in [2.45, 2.75) is 20.4 Å². The first-order valence-electron chi connectivity index (χ1n) is 10.0. The first-order valence-corrected chi connectivity index (χ1v) is 10.4. The number of pyridine rings is 1. The van der Waals surface area contributed by atoms with Crippen LogP contribution >= 0.6 is 11.6 Å². The van der Waals surface area contributed by atoms with Gasteiger partial charge in [-0.1, -0.05) is 23.7 Å². The molecular weight excluding hydrogens is 412 g/mol. The minimum atomic E-state index is 0.484. The Morgan fingerprint density at radius 3 is 2.77 bits per heavy atom. The number of hydrogen-bond acceptors (Lipinski definition) is 6. The van der Waals surface area contributed by atoms with Gasteiger partial charge in [-0.2, -0.15) is 0 Å². The van der Waals surface area contributed by atoms with Gasteiger partial charge in [0.2, 0.25) is 0 Å². The molecule has 0 unspecified atom stereocenters. The summed E-state index contributed by atoms with van der Waals surface area (Å²) in [6.07, 6.45) is 5.51. The molecule has 31 heavy (non-hydrogen) atoms. The van der Waals surface area contributed by atoms with Crippen molar-refractivity contribution in [3.8, 4) is 5.75 Å². The molecule has 7 nitrogen and oxygen atoms in total. The molecule has 2 heterocycles. The predicted octanol–water partition coefficient (Wildman–Crippen LogP) is 3.96. The molecule has 0 bridgehead atoms. The zero-order valence-electron chi connectivity index (χ0n) is 18.5. The third-order valence-corrected chi connectivity index (χ3v) is 5.26. The quantitative estimate of drug-likeness (QED) is 0.566. The Kier molecular flexibility index (Phi) is 7.55. The first kappa shape index (κ1) is 22.7. The van der Waals surface area contributed by atoms with Crippen molar-refractivity contribution in [3.05, 3.63) is 58.3 Å². The molecule has 3 aromatic rings. The normalized spacial score (nSPS) is 12.8. The Bertz CT molecular complexity index is 1210. The monoisotopic (exact) mass is 438 g/mol. The van der Waals surface area contributed by atoms with Gasteiger partial charge >= 0.3 is 0 Å². The number of fused-ring (bicyclic) bond motifs is 1. The van der Waals surface area contributed by atoms with Crippen LogP contribution in [0.1, 0.15) is 18.2 Å². The molecule has 8 heteroatoms. The van der Waals surface area contributed by atoms with Crippen LogP contribution in [0, 0.1) is 6.92 Å². The molecule has 0 atom stereocenters. The average molecular weight is 439 g/mol. The van der Waals surface area contributed by atoms with E-state index in [4.69, 9.17) is 26.3 Å². The van der Waals surface area contributed by atoms with Crippen LogP contribution in [0.4, 0.5) is 5.69 Å². The molecule has 0 saturated carbocycles. The zero-order valence-corrected chi connectivity index (χ0v) is 19.2. The Balaban J connectivity index is 2.31. The van der Waals surface area contributed by atoms with E-state index in [0.717, 1.165) is 40.0 Å². The van der Waals surface area contributed by atoms with Crippen molar-refractivity contribution in [2.75, 3.05) is 27.7 Å². The Labute approximate surface area is 187 Å². The van der Waals surface area contributed by atoms with E-state index in [1.54, 1.807) is 26.6 Å². The number of aliphatic imine (C=N–C) groups is 1. The number of nitrogens with one attached hydrogen (secondary N) is 1. The SMILES string of the molecule is C/C=C(\C=N/C)c1cnc2cc/c(=N\c3c(C)ccc(OC)c3Cl)n(CCNC)c2n1. The number of allylic oxidation sites excluding steroid dienone is 2. The van der Waals surface area contributed by atoms with Gasteiger partial charge in [0, 0.05) is 31.9 Å². The van der Waals surface area contributed by atoms with Crippen molar-refractivity contribution >= 4 is 40.2 Å². The van der Waals surface area contributed by atoms with Crippen molar-refractivity contribution in [1.82, 2.24) is 19.9 Å². The molecule has 162 valence electrons. The lowest BCUT2D eigenvalue weighted by atomic mass is 10.2. The van der Waals surface area contributed by atoms with Crippen LogP contribution in [0.2, 0.25) is 5.02 Å². The average Bonchev–Trinajstić information content (AvgIpc) is 2.78. The topological polar surface area (TPSA) is 76.7 Å². The first-order chi connectivity index (χ1) is 15.0. The van der Waals surface area contributed by atoms with Crippen LogP contribution in [0.15, 0.2) is 46.5 Å². The number of aromatic nitrogens is 3. The molecule has 0 fully saturated rings. The highest BCUT2D eigenvalue weighted by molar-refractivity contribution is 6.34. The van der Waals surface area contributed by atoms with Crippen molar-refractivity contribution < 1.29 is 4.74 Å². The molecule has 0 radical (unpaired) electrons. The Hall–Kier alpha value is -3.03. The second-order valence-electron chi connectivity index (χ2n) is 6.90. The number of benzene rings is 1. The van der Waals surface area contributed by atoms with Crippen LogP contribution in [0.5, 0.6) is 5.75 Å². The van der Waals surface area contributed by atoms with Gasteiger partial charge in [-0.25, -0.2) is 9.98 Å². The van der Waals surface area contributed by atoms with Gasteiger partial charge in [-0.05, 0) is 44.7 Å². The summed E-state index contributed by atoms with van der Waals surface area (Å²) in [5.74, 6) is 0.590. The maximum atomic E-state index is 6.57. The summed E-state index contributed by atoms with van der Waals surface area (Å²) < 4.78 is 7.42. The lowest BCUT2D eigenvalue weighted by Gasteiger charge is -2.13. The summed E-state index contributed by atoms with van der Waals surface area (Å²) in [6, 6.07) is 7.65. The fraction of sp³-hybridized carbons (Fsp3) is 0.304. The molecule has 0 aliphatic rings. The predicted molar refractivity (Wildman–Crippen MR) is 127 cm³/mol. The maximum absolute atomic E-state index is 6.57. The fourth-order valence-electron chi connectivity index (χ4n) is 3.22. The van der Waals surface area contributed by atoms with E-state index in [1.165, 1.54) is 0 Å². The number of rotatable bonds is 7. The third-order valence-electron chi connectivity index (χ3n) is 4.89. The van der Waals surface area contributed by atoms with Crippen LogP contribution < -0.4 is 15.5 Å². The largest absolute Gasteiger partial charge is 0.495 e. The van der Waals surface area contributed by atoms with Crippen LogP contribution in [-0.2, 0) is 6.54 Å². The molecule has 0 aliphatic heterocycles. The van der Waals surface area contributed by atoms with Crippen molar-refractivity contribution in [3.63, 3.8) is 0 Å². The third kappa shape index (κ3) is 4.84. The van der Waals surface area contributed by atoms with Gasteiger partial charge in [0.15, 0.2) is 5.65 Å². The number of halogens is 1. The summed E-state index contributed by atoms with van der Waals surface area (Å²) in [7, 11) is 5.25. The van der Waals surface area contributed by atoms with Crippen molar-refractivity contribution in [1.29, 1.82) is 0 Å². The van der Waals surface area contributed by atoms with E-state index in [0.29, 0.717) is 23.0 Å². The molecule has 0 amide bonds. The van der Waals surface area contributed by atoms with Gasteiger partial charge in [0.25, 0.3) is 0 Å². The van der Waals surface area contributed by atoms with E-state index >= 15 is 0 Å². The minimum absolute atomic E-state index is 0.484. The summed E-state index contributed by atoms with van der Waals surface area (Å²) in [5, 5.41) is 3.68. The van der Waals surface area contributed by atoms with E-state index in [9.17, 15) is 0 Å². The summed E-state index contributed by atoms with van der Waals surface area (Å²) in [6.45, 7) is 5.34. The van der Waals surface area contributed by atoms with E-state index in [2.05, 4.69) is 15.3 Å². The number of nitrogens with zero attached hydrogens (tertiary/aromatic N) is 5. The van der Waals surface area contributed by atoms with Gasteiger partial charge in [-0.15, -0.1) is 0 Å². The van der Waals surface area contributed by atoms with Gasteiger partial charge < -0.3 is 14.6 Å². The Morgan fingerprint density at radius 2 is 2.10 bits per heavy atom. The number of hydrogen-bond donors (Lipinski definition) is 1. The highest BCUT2D eigenvalue weighted by Gasteiger charge is 2.12. The van der Waals surface area contributed by atoms with Crippen LogP contribution in [0.25, 0.3) is 16.7 Å². The van der Waals surface area contributed by atoms with E-state index in [1.807, 2.05) is 55.8 Å². The van der Waals surface area contributed by atoms with Gasteiger partial charge in [0.05, 0.1) is 24.7 Å². The van der Waals surface area contributed by atoms with Crippen LogP contribution in [-0.4, -0.2) is 48.5 Å². The number of aryl methyl sites for hydroxylation is 1. The summed E-state index contributed by atoms with van der Waals surface area (Å²) in [5.41, 5.74) is 5.57. The Morgan fingerprint density at radius 1 is 1.29 bits per heavy atom. The fourth-order valence-corrected chi connectivity index (χ4v) is 3.55. The molecule has 1 N–H and O–H groups in total.